The summed E-state index contributed by atoms with van der Waals surface area (Å²) in [5, 5.41) is 2.89. The van der Waals surface area contributed by atoms with Crippen LogP contribution < -0.4 is 24.3 Å². The molecule has 25 heavy (non-hydrogen) atoms. The number of methoxy groups -OCH3 is 1. The van der Waals surface area contributed by atoms with E-state index in [2.05, 4.69) is 21.2 Å². The second-order valence-electron chi connectivity index (χ2n) is 5.29. The van der Waals surface area contributed by atoms with Crippen LogP contribution in [0.2, 0.25) is 0 Å². The average Bonchev–Trinajstić information content (AvgIpc) is 3.07. The van der Waals surface area contributed by atoms with Gasteiger partial charge in [0.1, 0.15) is 0 Å². The molecule has 2 aromatic carbocycles. The number of carbonyl (C=O) groups is 1. The number of nitrogens with one attached hydrogen (secondary N) is 1. The highest BCUT2D eigenvalue weighted by Gasteiger charge is 2.16. The minimum Gasteiger partial charge on any atom is -0.492 e. The van der Waals surface area contributed by atoms with Crippen molar-refractivity contribution in [2.45, 2.75) is 13.5 Å². The van der Waals surface area contributed by atoms with E-state index < -0.39 is 0 Å². The molecule has 0 aromatic heterocycles. The zero-order chi connectivity index (χ0) is 17.8. The highest BCUT2D eigenvalue weighted by atomic mass is 79.9. The molecule has 2 aromatic rings. The molecule has 7 heteroatoms. The summed E-state index contributed by atoms with van der Waals surface area (Å²) in [6.45, 7) is 2.96. The fourth-order valence-corrected chi connectivity index (χ4v) is 3.10. The number of hydrogen-bond donors (Lipinski definition) is 1. The van der Waals surface area contributed by atoms with Gasteiger partial charge in [-0.2, -0.15) is 0 Å². The molecule has 132 valence electrons. The number of rotatable bonds is 6. The summed E-state index contributed by atoms with van der Waals surface area (Å²) >= 11 is 3.41. The van der Waals surface area contributed by atoms with Gasteiger partial charge in [-0.3, -0.25) is 4.79 Å². The SMILES string of the molecule is CCOc1cc(C(=O)NCc2ccc3c(c2)OCO3)cc(Br)c1OC. The van der Waals surface area contributed by atoms with E-state index in [1.165, 1.54) is 0 Å². The maximum absolute atomic E-state index is 12.5. The first-order valence-electron chi connectivity index (χ1n) is 7.79. The third-order valence-corrected chi connectivity index (χ3v) is 4.25. The molecule has 0 aliphatic carbocycles. The minimum absolute atomic E-state index is 0.207. The van der Waals surface area contributed by atoms with Gasteiger partial charge < -0.3 is 24.3 Å². The van der Waals surface area contributed by atoms with Gasteiger partial charge in [0, 0.05) is 12.1 Å². The summed E-state index contributed by atoms with van der Waals surface area (Å²) < 4.78 is 22.1. The molecule has 1 N–H and O–H groups in total. The zero-order valence-corrected chi connectivity index (χ0v) is 15.5. The van der Waals surface area contributed by atoms with E-state index in [9.17, 15) is 4.79 Å². The Balaban J connectivity index is 1.72. The Morgan fingerprint density at radius 1 is 1.24 bits per heavy atom. The van der Waals surface area contributed by atoms with Gasteiger partial charge in [-0.25, -0.2) is 0 Å². The largest absolute Gasteiger partial charge is 0.492 e. The number of ether oxygens (including phenoxy) is 4. The lowest BCUT2D eigenvalue weighted by molar-refractivity contribution is 0.0950. The standard InChI is InChI=1S/C18H18BrNO5/c1-3-23-16-8-12(7-13(19)17(16)22-2)18(21)20-9-11-4-5-14-15(6-11)25-10-24-14/h4-8H,3,9-10H2,1-2H3,(H,20,21). The number of hydrogen-bond acceptors (Lipinski definition) is 5. The molecule has 0 radical (unpaired) electrons. The molecule has 0 saturated heterocycles. The second-order valence-corrected chi connectivity index (χ2v) is 6.15. The van der Waals surface area contributed by atoms with Crippen molar-refractivity contribution in [2.24, 2.45) is 0 Å². The molecule has 3 rings (SSSR count). The maximum atomic E-state index is 12.5. The smallest absolute Gasteiger partial charge is 0.251 e. The molecule has 0 unspecified atom stereocenters. The van der Waals surface area contributed by atoms with Crippen LogP contribution in [0.5, 0.6) is 23.0 Å². The van der Waals surface area contributed by atoms with Crippen LogP contribution in [-0.2, 0) is 6.54 Å². The van der Waals surface area contributed by atoms with E-state index in [0.717, 1.165) is 11.3 Å². The molecular weight excluding hydrogens is 390 g/mol. The Morgan fingerprint density at radius 2 is 2.04 bits per heavy atom. The fraction of sp³-hybridized carbons (Fsp3) is 0.278. The van der Waals surface area contributed by atoms with E-state index >= 15 is 0 Å². The van der Waals surface area contributed by atoms with Gasteiger partial charge in [0.25, 0.3) is 5.91 Å². The summed E-state index contributed by atoms with van der Waals surface area (Å²) in [7, 11) is 1.56. The summed E-state index contributed by atoms with van der Waals surface area (Å²) in [6.07, 6.45) is 0. The predicted octanol–water partition coefficient (Wildman–Crippen LogP) is 3.52. The van der Waals surface area contributed by atoms with Crippen molar-refractivity contribution in [2.75, 3.05) is 20.5 Å². The van der Waals surface area contributed by atoms with Crippen LogP contribution in [-0.4, -0.2) is 26.4 Å². The van der Waals surface area contributed by atoms with Crippen molar-refractivity contribution in [1.29, 1.82) is 0 Å². The number of amides is 1. The highest BCUT2D eigenvalue weighted by molar-refractivity contribution is 9.10. The predicted molar refractivity (Wildman–Crippen MR) is 95.6 cm³/mol. The van der Waals surface area contributed by atoms with E-state index in [1.807, 2.05) is 25.1 Å². The molecule has 0 saturated carbocycles. The Kier molecular flexibility index (Phi) is 5.33. The lowest BCUT2D eigenvalue weighted by atomic mass is 10.1. The third-order valence-electron chi connectivity index (χ3n) is 3.67. The van der Waals surface area contributed by atoms with Crippen molar-refractivity contribution in [3.63, 3.8) is 0 Å². The van der Waals surface area contributed by atoms with E-state index in [-0.39, 0.29) is 12.7 Å². The summed E-state index contributed by atoms with van der Waals surface area (Å²) in [5.74, 6) is 2.29. The Hall–Kier alpha value is -2.41. The van der Waals surface area contributed by atoms with Crippen molar-refractivity contribution in [3.8, 4) is 23.0 Å². The monoisotopic (exact) mass is 407 g/mol. The van der Waals surface area contributed by atoms with Crippen molar-refractivity contribution in [3.05, 3.63) is 45.9 Å². The Bertz CT molecular complexity index is 793. The maximum Gasteiger partial charge on any atom is 0.251 e. The topological polar surface area (TPSA) is 66.0 Å². The van der Waals surface area contributed by atoms with Crippen LogP contribution >= 0.6 is 15.9 Å². The van der Waals surface area contributed by atoms with Gasteiger partial charge in [0.05, 0.1) is 18.2 Å². The third kappa shape index (κ3) is 3.82. The molecule has 1 heterocycles. The summed E-state index contributed by atoms with van der Waals surface area (Å²) in [6, 6.07) is 8.96. The summed E-state index contributed by atoms with van der Waals surface area (Å²) in [4.78, 5) is 12.5. The van der Waals surface area contributed by atoms with Gasteiger partial charge in [-0.05, 0) is 52.7 Å². The van der Waals surface area contributed by atoms with E-state index in [4.69, 9.17) is 18.9 Å². The van der Waals surface area contributed by atoms with Crippen LogP contribution in [0.15, 0.2) is 34.8 Å². The first-order valence-corrected chi connectivity index (χ1v) is 8.58. The van der Waals surface area contributed by atoms with Crippen molar-refractivity contribution < 1.29 is 23.7 Å². The lowest BCUT2D eigenvalue weighted by Crippen LogP contribution is -2.23. The van der Waals surface area contributed by atoms with Gasteiger partial charge in [-0.1, -0.05) is 6.07 Å². The Labute approximate surface area is 154 Å². The molecule has 0 spiro atoms. The van der Waals surface area contributed by atoms with Gasteiger partial charge in [0.15, 0.2) is 23.0 Å². The number of carbonyl (C=O) groups excluding carboxylic acids is 1. The van der Waals surface area contributed by atoms with E-state index in [1.54, 1.807) is 19.2 Å². The fourth-order valence-electron chi connectivity index (χ4n) is 2.50. The molecule has 1 aliphatic rings. The first kappa shape index (κ1) is 17.4. The van der Waals surface area contributed by atoms with Gasteiger partial charge >= 0.3 is 0 Å². The number of fused-ring (bicyclic) bond motifs is 1. The van der Waals surface area contributed by atoms with Crippen LogP contribution in [0.4, 0.5) is 0 Å². The summed E-state index contributed by atoms with van der Waals surface area (Å²) in [5.41, 5.74) is 1.41. The molecule has 1 amide bonds. The molecule has 1 aliphatic heterocycles. The molecule has 6 nitrogen and oxygen atoms in total. The molecular formula is C18H18BrNO5. The van der Waals surface area contributed by atoms with E-state index in [0.29, 0.717) is 40.4 Å². The number of halogens is 1. The molecule has 0 atom stereocenters. The van der Waals surface area contributed by atoms with Gasteiger partial charge in [-0.15, -0.1) is 0 Å². The Morgan fingerprint density at radius 3 is 2.80 bits per heavy atom. The van der Waals surface area contributed by atoms with Crippen LogP contribution in [0, 0.1) is 0 Å². The number of benzene rings is 2. The quantitative estimate of drug-likeness (QED) is 0.793. The van der Waals surface area contributed by atoms with Crippen molar-refractivity contribution in [1.82, 2.24) is 5.32 Å². The highest BCUT2D eigenvalue weighted by Crippen LogP contribution is 2.36. The van der Waals surface area contributed by atoms with Gasteiger partial charge in [0.2, 0.25) is 6.79 Å². The molecule has 0 fully saturated rings. The lowest BCUT2D eigenvalue weighted by Gasteiger charge is -2.13. The van der Waals surface area contributed by atoms with Crippen LogP contribution in [0.25, 0.3) is 0 Å². The molecule has 0 bridgehead atoms. The van der Waals surface area contributed by atoms with Crippen LogP contribution in [0.1, 0.15) is 22.8 Å². The average molecular weight is 408 g/mol. The second kappa shape index (κ2) is 7.65. The zero-order valence-electron chi connectivity index (χ0n) is 13.9. The van der Waals surface area contributed by atoms with Crippen LogP contribution in [0.3, 0.4) is 0 Å². The van der Waals surface area contributed by atoms with Crippen molar-refractivity contribution >= 4 is 21.8 Å². The minimum atomic E-state index is -0.207. The first-order chi connectivity index (χ1) is 12.1. The normalized spacial score (nSPS) is 12.0.